The van der Waals surface area contributed by atoms with Gasteiger partial charge in [-0.25, -0.2) is 0 Å². The second-order valence-corrected chi connectivity index (χ2v) is 5.95. The Balaban J connectivity index is 1.69. The lowest BCUT2D eigenvalue weighted by Gasteiger charge is -2.32. The molecule has 1 aromatic carbocycles. The van der Waals surface area contributed by atoms with Crippen molar-refractivity contribution in [3.8, 4) is 5.75 Å². The summed E-state index contributed by atoms with van der Waals surface area (Å²) in [4.78, 5) is 26.2. The lowest BCUT2D eigenvalue weighted by molar-refractivity contribution is -0.128. The van der Waals surface area contributed by atoms with E-state index in [1.807, 2.05) is 42.8 Å². The summed E-state index contributed by atoms with van der Waals surface area (Å²) in [6.07, 6.45) is -0.594. The van der Waals surface area contributed by atoms with Gasteiger partial charge < -0.3 is 14.6 Å². The number of hydrogen-bond acceptors (Lipinski definition) is 3. The summed E-state index contributed by atoms with van der Waals surface area (Å²) in [6.45, 7) is 4.11. The molecule has 1 atom stereocenters. The van der Waals surface area contributed by atoms with Gasteiger partial charge in [0.15, 0.2) is 6.10 Å². The molecule has 0 radical (unpaired) electrons. The zero-order valence-electron chi connectivity index (χ0n) is 14.1. The zero-order valence-corrected chi connectivity index (χ0v) is 14.1. The molecule has 126 valence electrons. The summed E-state index contributed by atoms with van der Waals surface area (Å²) >= 11 is 0. The Morgan fingerprint density at radius 1 is 1.25 bits per heavy atom. The van der Waals surface area contributed by atoms with Gasteiger partial charge in [0.1, 0.15) is 12.3 Å². The van der Waals surface area contributed by atoms with Crippen molar-refractivity contribution in [2.75, 3.05) is 11.4 Å². The molecule has 0 aliphatic carbocycles. The molecule has 1 aliphatic rings. The summed E-state index contributed by atoms with van der Waals surface area (Å²) in [5.41, 5.74) is 2.78. The number of nitrogens with one attached hydrogen (secondary N) is 1. The number of aromatic nitrogens is 1. The van der Waals surface area contributed by atoms with Crippen LogP contribution in [0, 0.1) is 6.92 Å². The first-order valence-electron chi connectivity index (χ1n) is 7.92. The third kappa shape index (κ3) is 2.99. The number of fused-ring (bicyclic) bond motifs is 1. The number of carbonyl (C=O) groups is 2. The van der Waals surface area contributed by atoms with Crippen LogP contribution in [0.5, 0.6) is 5.75 Å². The van der Waals surface area contributed by atoms with E-state index in [4.69, 9.17) is 4.74 Å². The largest absolute Gasteiger partial charge is 0.479 e. The number of amides is 2. The molecule has 0 fully saturated rings. The highest BCUT2D eigenvalue weighted by Gasteiger charge is 2.32. The average molecular weight is 327 g/mol. The third-order valence-corrected chi connectivity index (χ3v) is 4.32. The fraction of sp³-hybridized carbons (Fsp3) is 0.333. The summed E-state index contributed by atoms with van der Waals surface area (Å²) < 4.78 is 7.60. The van der Waals surface area contributed by atoms with Crippen molar-refractivity contribution in [1.29, 1.82) is 0 Å². The van der Waals surface area contributed by atoms with E-state index in [0.717, 1.165) is 11.4 Å². The molecule has 6 heteroatoms. The van der Waals surface area contributed by atoms with Crippen molar-refractivity contribution < 1.29 is 14.3 Å². The Morgan fingerprint density at radius 3 is 2.71 bits per heavy atom. The topological polar surface area (TPSA) is 63.6 Å². The predicted molar refractivity (Wildman–Crippen MR) is 90.9 cm³/mol. The molecule has 1 unspecified atom stereocenters. The summed E-state index contributed by atoms with van der Waals surface area (Å²) in [6, 6.07) is 11.2. The molecular formula is C18H21N3O3. The normalized spacial score (nSPS) is 16.5. The van der Waals surface area contributed by atoms with Gasteiger partial charge in [0.05, 0.1) is 12.2 Å². The maximum absolute atomic E-state index is 12.4. The van der Waals surface area contributed by atoms with Gasteiger partial charge in [-0.1, -0.05) is 12.1 Å². The van der Waals surface area contributed by atoms with Gasteiger partial charge in [0.2, 0.25) is 5.91 Å². The Bertz CT molecular complexity index is 782. The minimum absolute atomic E-state index is 0.0209. The first-order chi connectivity index (χ1) is 11.5. The maximum atomic E-state index is 12.4. The number of hydrogen-bond donors (Lipinski definition) is 1. The van der Waals surface area contributed by atoms with E-state index in [1.54, 1.807) is 19.1 Å². The van der Waals surface area contributed by atoms with E-state index in [1.165, 1.54) is 4.90 Å². The third-order valence-electron chi connectivity index (χ3n) is 4.32. The maximum Gasteiger partial charge on any atom is 0.268 e. The monoisotopic (exact) mass is 327 g/mol. The van der Waals surface area contributed by atoms with Gasteiger partial charge in [-0.05, 0) is 38.1 Å². The van der Waals surface area contributed by atoms with Gasteiger partial charge >= 0.3 is 0 Å². The van der Waals surface area contributed by atoms with Gasteiger partial charge in [-0.3, -0.25) is 14.5 Å². The van der Waals surface area contributed by atoms with Gasteiger partial charge in [-0.15, -0.1) is 0 Å². The molecule has 2 aromatic rings. The van der Waals surface area contributed by atoms with E-state index in [-0.39, 0.29) is 18.4 Å². The fourth-order valence-electron chi connectivity index (χ4n) is 2.76. The molecular weight excluding hydrogens is 306 g/mol. The molecule has 2 amide bonds. The van der Waals surface area contributed by atoms with E-state index >= 15 is 0 Å². The number of carbonyl (C=O) groups excluding carboxylic acids is 2. The van der Waals surface area contributed by atoms with Crippen molar-refractivity contribution in [2.45, 2.75) is 26.5 Å². The van der Waals surface area contributed by atoms with Crippen LogP contribution < -0.4 is 15.0 Å². The van der Waals surface area contributed by atoms with Crippen LogP contribution in [0.15, 0.2) is 36.4 Å². The molecule has 0 saturated carbocycles. The minimum atomic E-state index is -0.594. The molecule has 1 N–H and O–H groups in total. The quantitative estimate of drug-likeness (QED) is 0.931. The van der Waals surface area contributed by atoms with Crippen molar-refractivity contribution in [3.05, 3.63) is 47.8 Å². The SMILES string of the molecule is Cc1ccc(CNC(=O)CN2C(=O)C(C)Oc3ccccc32)n1C. The van der Waals surface area contributed by atoms with Gasteiger partial charge in [0.25, 0.3) is 5.91 Å². The lowest BCUT2D eigenvalue weighted by Crippen LogP contribution is -2.48. The number of nitrogens with zero attached hydrogens (tertiary/aromatic N) is 2. The van der Waals surface area contributed by atoms with Crippen LogP contribution in [0.25, 0.3) is 0 Å². The van der Waals surface area contributed by atoms with Crippen molar-refractivity contribution in [1.82, 2.24) is 9.88 Å². The van der Waals surface area contributed by atoms with E-state index in [9.17, 15) is 9.59 Å². The average Bonchev–Trinajstić information content (AvgIpc) is 2.89. The smallest absolute Gasteiger partial charge is 0.268 e. The minimum Gasteiger partial charge on any atom is -0.479 e. The molecule has 1 aliphatic heterocycles. The van der Waals surface area contributed by atoms with E-state index in [2.05, 4.69) is 5.32 Å². The van der Waals surface area contributed by atoms with Gasteiger partial charge in [-0.2, -0.15) is 0 Å². The summed E-state index contributed by atoms with van der Waals surface area (Å²) in [5.74, 6) is 0.208. The Labute approximate surface area is 141 Å². The van der Waals surface area contributed by atoms with Crippen LogP contribution in [0.4, 0.5) is 5.69 Å². The zero-order chi connectivity index (χ0) is 17.3. The highest BCUT2D eigenvalue weighted by molar-refractivity contribution is 6.03. The van der Waals surface area contributed by atoms with E-state index in [0.29, 0.717) is 18.0 Å². The molecule has 0 spiro atoms. The summed E-state index contributed by atoms with van der Waals surface area (Å²) in [7, 11) is 1.96. The van der Waals surface area contributed by atoms with Crippen molar-refractivity contribution in [3.63, 3.8) is 0 Å². The second-order valence-electron chi connectivity index (χ2n) is 5.95. The summed E-state index contributed by atoms with van der Waals surface area (Å²) in [5, 5.41) is 2.87. The molecule has 3 rings (SSSR count). The Morgan fingerprint density at radius 2 is 2.00 bits per heavy atom. The first kappa shape index (κ1) is 16.1. The number of ether oxygens (including phenoxy) is 1. The molecule has 24 heavy (non-hydrogen) atoms. The molecule has 1 aromatic heterocycles. The molecule has 6 nitrogen and oxygen atoms in total. The molecule has 2 heterocycles. The van der Waals surface area contributed by atoms with Crippen LogP contribution in [0.3, 0.4) is 0 Å². The molecule has 0 bridgehead atoms. The van der Waals surface area contributed by atoms with Crippen LogP contribution >= 0.6 is 0 Å². The highest BCUT2D eigenvalue weighted by Crippen LogP contribution is 2.33. The van der Waals surface area contributed by atoms with Crippen molar-refractivity contribution >= 4 is 17.5 Å². The Kier molecular flexibility index (Phi) is 4.29. The highest BCUT2D eigenvalue weighted by atomic mass is 16.5. The lowest BCUT2D eigenvalue weighted by atomic mass is 10.2. The number of aryl methyl sites for hydroxylation is 1. The molecule has 0 saturated heterocycles. The van der Waals surface area contributed by atoms with Crippen LogP contribution in [-0.2, 0) is 23.2 Å². The Hall–Kier alpha value is -2.76. The second kappa shape index (κ2) is 6.39. The van der Waals surface area contributed by atoms with Crippen LogP contribution in [-0.4, -0.2) is 29.0 Å². The number of rotatable bonds is 4. The number of para-hydroxylation sites is 2. The fourth-order valence-corrected chi connectivity index (χ4v) is 2.76. The van der Waals surface area contributed by atoms with Crippen molar-refractivity contribution in [2.24, 2.45) is 7.05 Å². The number of anilines is 1. The van der Waals surface area contributed by atoms with Crippen LogP contribution in [0.1, 0.15) is 18.3 Å². The first-order valence-corrected chi connectivity index (χ1v) is 7.92. The number of benzene rings is 1. The van der Waals surface area contributed by atoms with E-state index < -0.39 is 6.10 Å². The van der Waals surface area contributed by atoms with Crippen LogP contribution in [0.2, 0.25) is 0 Å². The standard InChI is InChI=1S/C18H21N3O3/c1-12-8-9-14(20(12)3)10-19-17(22)11-21-15-6-4-5-7-16(15)24-13(2)18(21)23/h4-9,13H,10-11H2,1-3H3,(H,19,22). The van der Waals surface area contributed by atoms with Gasteiger partial charge in [0, 0.05) is 18.4 Å². The predicted octanol–water partition coefficient (Wildman–Crippen LogP) is 1.76.